The van der Waals surface area contributed by atoms with Gasteiger partial charge in [-0.2, -0.15) is 5.26 Å². The highest BCUT2D eigenvalue weighted by Crippen LogP contribution is 2.09. The van der Waals surface area contributed by atoms with Crippen molar-refractivity contribution in [3.05, 3.63) is 0 Å². The molecule has 0 aliphatic heterocycles. The van der Waals surface area contributed by atoms with Gasteiger partial charge in [0, 0.05) is 12.5 Å². The van der Waals surface area contributed by atoms with Crippen molar-refractivity contribution >= 4 is 5.96 Å². The first kappa shape index (κ1) is 10.8. The van der Waals surface area contributed by atoms with Crippen LogP contribution in [0.15, 0.2) is 4.99 Å². The smallest absolute Gasteiger partial charge is 0.185 e. The number of hydrogen-bond acceptors (Lipinski definition) is 2. The largest absolute Gasteiger partial charge is 0.370 e. The van der Waals surface area contributed by atoms with Crippen LogP contribution in [0.3, 0.4) is 0 Å². The summed E-state index contributed by atoms with van der Waals surface area (Å²) in [5.74, 6) is 0.196. The van der Waals surface area contributed by atoms with Crippen LogP contribution >= 0.6 is 0 Å². The van der Waals surface area contributed by atoms with Crippen LogP contribution in [0, 0.1) is 17.2 Å². The second kappa shape index (κ2) is 6.47. The van der Waals surface area contributed by atoms with Gasteiger partial charge in [0.15, 0.2) is 5.96 Å². The number of rotatable bonds is 5. The summed E-state index contributed by atoms with van der Waals surface area (Å²) in [7, 11) is 0. The Hall–Kier alpha value is -1.24. The number of aliphatic imine (C=N–C) groups is 1. The molecule has 0 saturated heterocycles. The van der Waals surface area contributed by atoms with Gasteiger partial charge in [0.1, 0.15) is 0 Å². The minimum absolute atomic E-state index is 0.0955. The number of nitrogens with zero attached hydrogens (tertiary/aromatic N) is 2. The topological polar surface area (TPSA) is 88.2 Å². The second-order valence-electron chi connectivity index (χ2n) is 2.71. The van der Waals surface area contributed by atoms with E-state index in [9.17, 15) is 0 Å². The van der Waals surface area contributed by atoms with E-state index in [4.69, 9.17) is 16.7 Å². The van der Waals surface area contributed by atoms with Crippen molar-refractivity contribution in [3.63, 3.8) is 0 Å². The van der Waals surface area contributed by atoms with Crippen LogP contribution in [-0.2, 0) is 0 Å². The fourth-order valence-corrected chi connectivity index (χ4v) is 0.971. The number of hydrogen-bond donors (Lipinski definition) is 2. The Morgan fingerprint density at radius 1 is 1.50 bits per heavy atom. The average molecular weight is 168 g/mol. The van der Waals surface area contributed by atoms with Crippen LogP contribution in [0.4, 0.5) is 0 Å². The highest BCUT2D eigenvalue weighted by molar-refractivity contribution is 5.75. The van der Waals surface area contributed by atoms with Crippen molar-refractivity contribution in [3.8, 4) is 6.07 Å². The Labute approximate surface area is 73.3 Å². The summed E-state index contributed by atoms with van der Waals surface area (Å²) in [4.78, 5) is 3.82. The molecule has 4 heteroatoms. The maximum absolute atomic E-state index is 8.66. The van der Waals surface area contributed by atoms with Crippen LogP contribution < -0.4 is 11.5 Å². The van der Waals surface area contributed by atoms with Crippen molar-refractivity contribution in [1.29, 1.82) is 5.26 Å². The lowest BCUT2D eigenvalue weighted by Crippen LogP contribution is -2.23. The normalized spacial score (nSPS) is 11.7. The monoisotopic (exact) mass is 168 g/mol. The molecule has 0 aromatic heterocycles. The summed E-state index contributed by atoms with van der Waals surface area (Å²) < 4.78 is 0. The molecule has 68 valence electrons. The van der Waals surface area contributed by atoms with Gasteiger partial charge in [0.05, 0.1) is 6.07 Å². The first-order valence-corrected chi connectivity index (χ1v) is 4.15. The zero-order valence-corrected chi connectivity index (χ0v) is 7.45. The van der Waals surface area contributed by atoms with Crippen LogP contribution in [0.5, 0.6) is 0 Å². The molecule has 0 aliphatic carbocycles. The van der Waals surface area contributed by atoms with Crippen LogP contribution in [0.25, 0.3) is 0 Å². The van der Waals surface area contributed by atoms with Crippen molar-refractivity contribution in [2.75, 3.05) is 6.54 Å². The number of nitrogens with two attached hydrogens (primary N) is 2. The van der Waals surface area contributed by atoms with E-state index in [1.54, 1.807) is 0 Å². The molecule has 0 aliphatic rings. The van der Waals surface area contributed by atoms with Gasteiger partial charge in [0.25, 0.3) is 0 Å². The van der Waals surface area contributed by atoms with Gasteiger partial charge in [-0.25, -0.2) is 0 Å². The lowest BCUT2D eigenvalue weighted by atomic mass is 10.0. The van der Waals surface area contributed by atoms with E-state index in [0.717, 1.165) is 19.3 Å². The second-order valence-corrected chi connectivity index (χ2v) is 2.71. The minimum Gasteiger partial charge on any atom is -0.370 e. The van der Waals surface area contributed by atoms with E-state index in [2.05, 4.69) is 18.0 Å². The Morgan fingerprint density at radius 2 is 2.17 bits per heavy atom. The molecule has 0 radical (unpaired) electrons. The molecule has 4 N–H and O–H groups in total. The average Bonchev–Trinajstić information content (AvgIpc) is 2.02. The van der Waals surface area contributed by atoms with Gasteiger partial charge in [-0.1, -0.05) is 13.3 Å². The summed E-state index contributed by atoms with van der Waals surface area (Å²) in [6.45, 7) is 2.62. The third-order valence-electron chi connectivity index (χ3n) is 1.59. The van der Waals surface area contributed by atoms with Crippen molar-refractivity contribution in [2.24, 2.45) is 22.4 Å². The first-order chi connectivity index (χ1) is 5.70. The van der Waals surface area contributed by atoms with E-state index in [1.165, 1.54) is 0 Å². The molecule has 0 amide bonds. The van der Waals surface area contributed by atoms with E-state index in [0.29, 0.717) is 6.54 Å². The standard InChI is InChI=1S/C8H16N4/c1-2-3-7(6-9)4-5-12-8(10)11/h7H,2-5H2,1H3,(H4,10,11,12). The molecule has 1 atom stereocenters. The highest BCUT2D eigenvalue weighted by atomic mass is 15.0. The van der Waals surface area contributed by atoms with Gasteiger partial charge in [-0.15, -0.1) is 0 Å². The molecule has 0 heterocycles. The fourth-order valence-electron chi connectivity index (χ4n) is 0.971. The molecule has 0 bridgehead atoms. The molecule has 0 rings (SSSR count). The zero-order valence-electron chi connectivity index (χ0n) is 7.45. The van der Waals surface area contributed by atoms with Crippen molar-refractivity contribution < 1.29 is 0 Å². The maximum Gasteiger partial charge on any atom is 0.185 e. The molecule has 1 unspecified atom stereocenters. The van der Waals surface area contributed by atoms with Gasteiger partial charge in [-0.3, -0.25) is 4.99 Å². The Kier molecular flexibility index (Phi) is 5.80. The van der Waals surface area contributed by atoms with Crippen molar-refractivity contribution in [1.82, 2.24) is 0 Å². The number of nitriles is 1. The summed E-state index contributed by atoms with van der Waals surface area (Å²) in [6, 6.07) is 2.23. The quantitative estimate of drug-likeness (QED) is 0.465. The first-order valence-electron chi connectivity index (χ1n) is 4.15. The Morgan fingerprint density at radius 3 is 2.58 bits per heavy atom. The van der Waals surface area contributed by atoms with E-state index in [1.807, 2.05) is 0 Å². The van der Waals surface area contributed by atoms with Crippen LogP contribution in [0.2, 0.25) is 0 Å². The summed E-state index contributed by atoms with van der Waals surface area (Å²) in [5.41, 5.74) is 10.3. The third-order valence-corrected chi connectivity index (χ3v) is 1.59. The molecular formula is C8H16N4. The predicted molar refractivity (Wildman–Crippen MR) is 49.3 cm³/mol. The molecule has 0 saturated carbocycles. The summed E-state index contributed by atoms with van der Waals surface area (Å²) in [5, 5.41) is 8.66. The molecule has 12 heavy (non-hydrogen) atoms. The van der Waals surface area contributed by atoms with E-state index in [-0.39, 0.29) is 11.9 Å². The van der Waals surface area contributed by atoms with Crippen LogP contribution in [0.1, 0.15) is 26.2 Å². The van der Waals surface area contributed by atoms with Gasteiger partial charge >= 0.3 is 0 Å². The fraction of sp³-hybridized carbons (Fsp3) is 0.750. The van der Waals surface area contributed by atoms with Gasteiger partial charge in [0.2, 0.25) is 0 Å². The SMILES string of the molecule is CCCC(C#N)CCN=C(N)N. The summed E-state index contributed by atoms with van der Waals surface area (Å²) >= 11 is 0. The molecular weight excluding hydrogens is 152 g/mol. The Balaban J connectivity index is 3.60. The molecule has 0 aromatic carbocycles. The third kappa shape index (κ3) is 5.54. The van der Waals surface area contributed by atoms with Crippen molar-refractivity contribution in [2.45, 2.75) is 26.2 Å². The van der Waals surface area contributed by atoms with Crippen LogP contribution in [-0.4, -0.2) is 12.5 Å². The molecule has 0 fully saturated rings. The van der Waals surface area contributed by atoms with E-state index < -0.39 is 0 Å². The maximum atomic E-state index is 8.66. The van der Waals surface area contributed by atoms with Gasteiger partial charge in [-0.05, 0) is 12.8 Å². The molecule has 0 aromatic rings. The zero-order chi connectivity index (χ0) is 9.40. The lowest BCUT2D eigenvalue weighted by Gasteiger charge is -2.03. The van der Waals surface area contributed by atoms with Gasteiger partial charge < -0.3 is 11.5 Å². The Bertz CT molecular complexity index is 176. The minimum atomic E-state index is 0.0955. The number of guanidine groups is 1. The predicted octanol–water partition coefficient (Wildman–Crippen LogP) is 0.590. The molecule has 0 spiro atoms. The van der Waals surface area contributed by atoms with E-state index >= 15 is 0 Å². The highest BCUT2D eigenvalue weighted by Gasteiger charge is 2.04. The summed E-state index contributed by atoms with van der Waals surface area (Å²) in [6.07, 6.45) is 2.71. The lowest BCUT2D eigenvalue weighted by molar-refractivity contribution is 0.555. The molecule has 4 nitrogen and oxygen atoms in total.